The lowest BCUT2D eigenvalue weighted by molar-refractivity contribution is -0.121. The van der Waals surface area contributed by atoms with Gasteiger partial charge in [-0.25, -0.2) is 0 Å². The van der Waals surface area contributed by atoms with Gasteiger partial charge in [0.25, 0.3) is 5.91 Å². The van der Waals surface area contributed by atoms with Crippen molar-refractivity contribution in [3.05, 3.63) is 46.5 Å². The number of carbonyl (C=O) groups is 2. The van der Waals surface area contributed by atoms with Gasteiger partial charge < -0.3 is 10.6 Å². The van der Waals surface area contributed by atoms with Gasteiger partial charge in [0.05, 0.1) is 0 Å². The number of carbonyl (C=O) groups excluding carboxylic acids is 2. The van der Waals surface area contributed by atoms with Crippen LogP contribution in [0.2, 0.25) is 0 Å². The molecule has 4 heteroatoms. The average molecular weight is 415 g/mol. The van der Waals surface area contributed by atoms with Crippen molar-refractivity contribution < 1.29 is 9.59 Å². The zero-order valence-corrected chi connectivity index (χ0v) is 20.4. The molecule has 0 aliphatic carbocycles. The Bertz CT molecular complexity index is 714. The van der Waals surface area contributed by atoms with Crippen LogP contribution in [0.4, 0.5) is 0 Å². The summed E-state index contributed by atoms with van der Waals surface area (Å²) >= 11 is 0. The van der Waals surface area contributed by atoms with Gasteiger partial charge >= 0.3 is 0 Å². The van der Waals surface area contributed by atoms with Crippen LogP contribution in [0.25, 0.3) is 0 Å². The van der Waals surface area contributed by atoms with Gasteiger partial charge in [0.2, 0.25) is 5.91 Å². The van der Waals surface area contributed by atoms with E-state index in [-0.39, 0.29) is 22.6 Å². The molecule has 4 nitrogen and oxygen atoms in total. The lowest BCUT2D eigenvalue weighted by atomic mass is 9.75. The highest BCUT2D eigenvalue weighted by atomic mass is 16.2. The van der Waals surface area contributed by atoms with Crippen LogP contribution >= 0.6 is 0 Å². The highest BCUT2D eigenvalue weighted by Gasteiger charge is 2.25. The summed E-state index contributed by atoms with van der Waals surface area (Å²) in [5.41, 5.74) is 4.32. The van der Waals surface area contributed by atoms with E-state index in [1.165, 1.54) is 16.7 Å². The molecule has 1 rings (SSSR count). The van der Waals surface area contributed by atoms with Crippen LogP contribution in [0.1, 0.15) is 101 Å². The standard InChI is InChI=1S/C26H42N2O2/c1-9-10-11-14-23(29)27-15-12-13-16-28-24(30)20-17-21(25(3,4)5)19(2)22(18-20)26(6,7)8/h12-13,17-18H,9-11,14-16H2,1-8H3,(H,27,29)(H,28,30)/b13-12+. The Morgan fingerprint density at radius 3 is 1.83 bits per heavy atom. The molecule has 0 heterocycles. The predicted molar refractivity (Wildman–Crippen MR) is 127 cm³/mol. The normalized spacial score (nSPS) is 12.3. The molecule has 0 aromatic heterocycles. The largest absolute Gasteiger partial charge is 0.353 e. The third-order valence-electron chi connectivity index (χ3n) is 5.26. The average Bonchev–Trinajstić information content (AvgIpc) is 2.62. The second kappa shape index (κ2) is 11.3. The van der Waals surface area contributed by atoms with E-state index >= 15 is 0 Å². The predicted octanol–water partition coefficient (Wildman–Crippen LogP) is 5.57. The first-order chi connectivity index (χ1) is 13.9. The van der Waals surface area contributed by atoms with E-state index in [9.17, 15) is 9.59 Å². The smallest absolute Gasteiger partial charge is 0.251 e. The number of nitrogens with one attached hydrogen (secondary N) is 2. The molecule has 2 N–H and O–H groups in total. The Balaban J connectivity index is 2.73. The van der Waals surface area contributed by atoms with Crippen molar-refractivity contribution in [1.82, 2.24) is 10.6 Å². The minimum atomic E-state index is -0.0701. The quantitative estimate of drug-likeness (QED) is 0.410. The lowest BCUT2D eigenvalue weighted by Gasteiger charge is -2.29. The highest BCUT2D eigenvalue weighted by molar-refractivity contribution is 5.95. The molecule has 0 aliphatic rings. The molecule has 0 saturated heterocycles. The van der Waals surface area contributed by atoms with Gasteiger partial charge in [0.15, 0.2) is 0 Å². The molecule has 0 saturated carbocycles. The maximum Gasteiger partial charge on any atom is 0.251 e. The van der Waals surface area contributed by atoms with Crippen molar-refractivity contribution in [2.75, 3.05) is 13.1 Å². The molecular formula is C26H42N2O2. The van der Waals surface area contributed by atoms with E-state index in [1.54, 1.807) is 0 Å². The minimum absolute atomic E-state index is 0.0321. The Morgan fingerprint density at radius 1 is 0.867 bits per heavy atom. The second-order valence-electron chi connectivity index (χ2n) is 10.1. The fourth-order valence-electron chi connectivity index (χ4n) is 3.62. The van der Waals surface area contributed by atoms with Crippen LogP contribution in [0.15, 0.2) is 24.3 Å². The number of hydrogen-bond acceptors (Lipinski definition) is 2. The number of hydrogen-bond donors (Lipinski definition) is 2. The monoisotopic (exact) mass is 414 g/mol. The van der Waals surface area contributed by atoms with E-state index in [2.05, 4.69) is 66.0 Å². The van der Waals surface area contributed by atoms with Gasteiger partial charge in [-0.2, -0.15) is 0 Å². The molecule has 2 amide bonds. The summed E-state index contributed by atoms with van der Waals surface area (Å²) in [4.78, 5) is 24.5. The molecule has 1 aromatic rings. The Kier molecular flexibility index (Phi) is 9.80. The Morgan fingerprint density at radius 2 is 1.37 bits per heavy atom. The van der Waals surface area contributed by atoms with Crippen LogP contribution in [0, 0.1) is 6.92 Å². The highest BCUT2D eigenvalue weighted by Crippen LogP contribution is 2.34. The summed E-state index contributed by atoms with van der Waals surface area (Å²) in [7, 11) is 0. The first-order valence-corrected chi connectivity index (χ1v) is 11.2. The summed E-state index contributed by atoms with van der Waals surface area (Å²) in [6, 6.07) is 4.06. The fourth-order valence-corrected chi connectivity index (χ4v) is 3.62. The summed E-state index contributed by atoms with van der Waals surface area (Å²) in [6.07, 6.45) is 7.48. The maximum absolute atomic E-state index is 12.8. The third kappa shape index (κ3) is 8.33. The summed E-state index contributed by atoms with van der Waals surface area (Å²) in [5.74, 6) is 0.0143. The summed E-state index contributed by atoms with van der Waals surface area (Å²) in [5, 5.41) is 5.84. The van der Waals surface area contributed by atoms with Crippen molar-refractivity contribution >= 4 is 11.8 Å². The van der Waals surface area contributed by atoms with Crippen molar-refractivity contribution in [1.29, 1.82) is 0 Å². The van der Waals surface area contributed by atoms with Gasteiger partial charge in [0.1, 0.15) is 0 Å². The Labute approximate surface area is 183 Å². The molecule has 0 bridgehead atoms. The van der Waals surface area contributed by atoms with E-state index in [0.717, 1.165) is 19.3 Å². The van der Waals surface area contributed by atoms with Crippen LogP contribution in [-0.2, 0) is 15.6 Å². The van der Waals surface area contributed by atoms with Gasteiger partial charge in [-0.3, -0.25) is 9.59 Å². The van der Waals surface area contributed by atoms with Crippen LogP contribution in [0.3, 0.4) is 0 Å². The van der Waals surface area contributed by atoms with Gasteiger partial charge in [-0.1, -0.05) is 73.5 Å². The molecule has 0 radical (unpaired) electrons. The van der Waals surface area contributed by atoms with Crippen molar-refractivity contribution in [3.63, 3.8) is 0 Å². The molecule has 0 fully saturated rings. The topological polar surface area (TPSA) is 58.2 Å². The Hall–Kier alpha value is -2.10. The zero-order chi connectivity index (χ0) is 22.9. The summed E-state index contributed by atoms with van der Waals surface area (Å²) in [6.45, 7) is 18.3. The van der Waals surface area contributed by atoms with Gasteiger partial charge in [0, 0.05) is 25.1 Å². The maximum atomic E-state index is 12.8. The first kappa shape index (κ1) is 25.9. The van der Waals surface area contributed by atoms with Crippen LogP contribution < -0.4 is 10.6 Å². The molecule has 0 atom stereocenters. The number of amides is 2. The molecule has 1 aromatic carbocycles. The zero-order valence-electron chi connectivity index (χ0n) is 20.4. The van der Waals surface area contributed by atoms with E-state index in [1.807, 2.05) is 24.3 Å². The van der Waals surface area contributed by atoms with Crippen molar-refractivity contribution in [2.45, 2.75) is 91.9 Å². The number of unbranched alkanes of at least 4 members (excludes halogenated alkanes) is 2. The molecular weight excluding hydrogens is 372 g/mol. The first-order valence-electron chi connectivity index (χ1n) is 11.2. The molecule has 0 aliphatic heterocycles. The van der Waals surface area contributed by atoms with Gasteiger partial charge in [-0.05, 0) is 53.0 Å². The van der Waals surface area contributed by atoms with E-state index < -0.39 is 0 Å². The van der Waals surface area contributed by atoms with Crippen LogP contribution in [0.5, 0.6) is 0 Å². The van der Waals surface area contributed by atoms with E-state index in [0.29, 0.717) is 25.1 Å². The van der Waals surface area contributed by atoms with Crippen molar-refractivity contribution in [3.8, 4) is 0 Å². The fraction of sp³-hybridized carbons (Fsp3) is 0.615. The third-order valence-corrected chi connectivity index (χ3v) is 5.26. The molecule has 0 unspecified atom stereocenters. The van der Waals surface area contributed by atoms with Crippen molar-refractivity contribution in [2.24, 2.45) is 0 Å². The van der Waals surface area contributed by atoms with Crippen LogP contribution in [-0.4, -0.2) is 24.9 Å². The SMILES string of the molecule is CCCCCC(=O)NC/C=C/CNC(=O)c1cc(C(C)(C)C)c(C)c(C(C)(C)C)c1. The number of benzene rings is 1. The molecule has 30 heavy (non-hydrogen) atoms. The lowest BCUT2D eigenvalue weighted by Crippen LogP contribution is -2.27. The number of rotatable bonds is 9. The van der Waals surface area contributed by atoms with Gasteiger partial charge in [-0.15, -0.1) is 0 Å². The summed E-state index contributed by atoms with van der Waals surface area (Å²) < 4.78 is 0. The van der Waals surface area contributed by atoms with E-state index in [4.69, 9.17) is 0 Å². The molecule has 168 valence electrons. The molecule has 0 spiro atoms. The minimum Gasteiger partial charge on any atom is -0.353 e. The second-order valence-corrected chi connectivity index (χ2v) is 10.1.